The second kappa shape index (κ2) is 3.93. The Morgan fingerprint density at radius 3 is 2.81 bits per heavy atom. The van der Waals surface area contributed by atoms with Gasteiger partial charge < -0.3 is 0 Å². The largest absolute Gasteiger partial charge is 0.305 e. The second-order valence-corrected chi connectivity index (χ2v) is 3.63. The summed E-state index contributed by atoms with van der Waals surface area (Å²) >= 11 is 3.07. The third kappa shape index (κ3) is 1.76. The highest BCUT2D eigenvalue weighted by atomic mass is 79.9. The van der Waals surface area contributed by atoms with Crippen molar-refractivity contribution in [1.82, 2.24) is 20.6 Å². The minimum absolute atomic E-state index is 0.148. The van der Waals surface area contributed by atoms with Crippen LogP contribution in [0, 0.1) is 15.9 Å². The fourth-order valence-corrected chi connectivity index (χ4v) is 1.62. The minimum Gasteiger partial charge on any atom is -0.258 e. The molecule has 2 rings (SSSR count). The number of aromatic amines is 1. The van der Waals surface area contributed by atoms with E-state index in [1.165, 1.54) is 0 Å². The summed E-state index contributed by atoms with van der Waals surface area (Å²) in [6.07, 6.45) is 0. The normalized spacial score (nSPS) is 10.4. The molecule has 0 aliphatic carbocycles. The number of rotatable bonds is 2. The van der Waals surface area contributed by atoms with Crippen molar-refractivity contribution in [3.05, 3.63) is 32.5 Å². The van der Waals surface area contributed by atoms with Gasteiger partial charge in [0.2, 0.25) is 11.6 Å². The number of nitrogens with one attached hydrogen (secondary N) is 1. The maximum atomic E-state index is 13.2. The molecule has 16 heavy (non-hydrogen) atoms. The first-order chi connectivity index (χ1) is 7.59. The molecular weight excluding hydrogens is 285 g/mol. The van der Waals surface area contributed by atoms with Crippen LogP contribution in [-0.2, 0) is 0 Å². The minimum atomic E-state index is -0.927. The Bertz CT molecular complexity index is 544. The third-order valence-corrected chi connectivity index (χ3v) is 2.48. The van der Waals surface area contributed by atoms with Gasteiger partial charge >= 0.3 is 5.69 Å². The van der Waals surface area contributed by atoms with Crippen LogP contribution in [0.3, 0.4) is 0 Å². The van der Waals surface area contributed by atoms with E-state index in [0.29, 0.717) is 10.0 Å². The number of aromatic nitrogens is 4. The molecule has 0 atom stereocenters. The van der Waals surface area contributed by atoms with Gasteiger partial charge in [-0.3, -0.25) is 10.1 Å². The lowest BCUT2D eigenvalue weighted by molar-refractivity contribution is -0.387. The lowest BCUT2D eigenvalue weighted by atomic mass is 10.2. The van der Waals surface area contributed by atoms with Crippen LogP contribution in [0.1, 0.15) is 0 Å². The molecule has 1 aromatic carbocycles. The molecule has 1 aromatic heterocycles. The molecule has 0 aliphatic rings. The quantitative estimate of drug-likeness (QED) is 0.669. The molecule has 2 aromatic rings. The Kier molecular flexibility index (Phi) is 2.60. The fourth-order valence-electron chi connectivity index (χ4n) is 1.12. The van der Waals surface area contributed by atoms with Crippen LogP contribution in [0.2, 0.25) is 0 Å². The van der Waals surface area contributed by atoms with E-state index in [-0.39, 0.29) is 5.82 Å². The Hall–Kier alpha value is -1.90. The van der Waals surface area contributed by atoms with E-state index in [4.69, 9.17) is 0 Å². The van der Waals surface area contributed by atoms with Crippen molar-refractivity contribution in [3.63, 3.8) is 0 Å². The zero-order chi connectivity index (χ0) is 11.7. The second-order valence-electron chi connectivity index (χ2n) is 2.78. The SMILES string of the molecule is O=[N+]([O-])c1cc(-c2nn[nH]n2)c(Br)cc1F. The number of hydrogen-bond donors (Lipinski definition) is 1. The van der Waals surface area contributed by atoms with Gasteiger partial charge in [0.1, 0.15) is 0 Å². The van der Waals surface area contributed by atoms with Gasteiger partial charge in [-0.25, -0.2) is 0 Å². The predicted octanol–water partition coefficient (Wildman–Crippen LogP) is 1.68. The van der Waals surface area contributed by atoms with Crippen molar-refractivity contribution in [2.45, 2.75) is 0 Å². The van der Waals surface area contributed by atoms with Gasteiger partial charge in [0, 0.05) is 16.1 Å². The number of nitro groups is 1. The zero-order valence-corrected chi connectivity index (χ0v) is 9.10. The van der Waals surface area contributed by atoms with Crippen molar-refractivity contribution < 1.29 is 9.31 Å². The average molecular weight is 288 g/mol. The van der Waals surface area contributed by atoms with Gasteiger partial charge in [0.15, 0.2) is 0 Å². The van der Waals surface area contributed by atoms with E-state index < -0.39 is 16.4 Å². The van der Waals surface area contributed by atoms with Gasteiger partial charge in [0.25, 0.3) is 0 Å². The zero-order valence-electron chi connectivity index (χ0n) is 7.52. The first-order valence-corrected chi connectivity index (χ1v) is 4.76. The predicted molar refractivity (Wildman–Crippen MR) is 53.9 cm³/mol. The molecule has 0 spiro atoms. The van der Waals surface area contributed by atoms with E-state index in [0.717, 1.165) is 12.1 Å². The monoisotopic (exact) mass is 287 g/mol. The molecule has 82 valence electrons. The van der Waals surface area contributed by atoms with Crippen LogP contribution >= 0.6 is 15.9 Å². The van der Waals surface area contributed by atoms with Gasteiger partial charge in [-0.05, 0) is 27.2 Å². The Balaban J connectivity index is 2.63. The van der Waals surface area contributed by atoms with Crippen LogP contribution in [0.15, 0.2) is 16.6 Å². The third-order valence-electron chi connectivity index (χ3n) is 1.82. The van der Waals surface area contributed by atoms with E-state index in [9.17, 15) is 14.5 Å². The highest BCUT2D eigenvalue weighted by molar-refractivity contribution is 9.10. The van der Waals surface area contributed by atoms with Crippen LogP contribution in [0.25, 0.3) is 11.4 Å². The summed E-state index contributed by atoms with van der Waals surface area (Å²) in [5.74, 6) is -0.779. The maximum absolute atomic E-state index is 13.2. The van der Waals surface area contributed by atoms with Gasteiger partial charge in [-0.15, -0.1) is 10.2 Å². The maximum Gasteiger partial charge on any atom is 0.305 e. The fraction of sp³-hybridized carbons (Fsp3) is 0. The Morgan fingerprint density at radius 1 is 1.50 bits per heavy atom. The van der Waals surface area contributed by atoms with Crippen molar-refractivity contribution in [3.8, 4) is 11.4 Å². The van der Waals surface area contributed by atoms with E-state index in [1.807, 2.05) is 0 Å². The number of benzene rings is 1. The van der Waals surface area contributed by atoms with Crippen LogP contribution in [0.5, 0.6) is 0 Å². The van der Waals surface area contributed by atoms with Gasteiger partial charge in [-0.2, -0.15) is 9.60 Å². The van der Waals surface area contributed by atoms with Crippen molar-refractivity contribution in [2.24, 2.45) is 0 Å². The Labute approximate surface area is 95.9 Å². The van der Waals surface area contributed by atoms with Crippen molar-refractivity contribution in [1.29, 1.82) is 0 Å². The van der Waals surface area contributed by atoms with E-state index in [2.05, 4.69) is 36.6 Å². The van der Waals surface area contributed by atoms with Crippen molar-refractivity contribution in [2.75, 3.05) is 0 Å². The van der Waals surface area contributed by atoms with Gasteiger partial charge in [0.05, 0.1) is 4.92 Å². The molecule has 0 unspecified atom stereocenters. The molecular formula is C7H3BrFN5O2. The lowest BCUT2D eigenvalue weighted by Crippen LogP contribution is -1.94. The van der Waals surface area contributed by atoms with E-state index in [1.54, 1.807) is 0 Å². The first kappa shape index (κ1) is 10.6. The molecule has 0 saturated carbocycles. The summed E-state index contributed by atoms with van der Waals surface area (Å²) < 4.78 is 13.5. The molecule has 1 heterocycles. The summed E-state index contributed by atoms with van der Waals surface area (Å²) in [7, 11) is 0. The highest BCUT2D eigenvalue weighted by Gasteiger charge is 2.19. The number of tetrazole rings is 1. The summed E-state index contributed by atoms with van der Waals surface area (Å²) in [4.78, 5) is 9.73. The van der Waals surface area contributed by atoms with Crippen molar-refractivity contribution >= 4 is 21.6 Å². The first-order valence-electron chi connectivity index (χ1n) is 3.97. The summed E-state index contributed by atoms with van der Waals surface area (Å²) in [6.45, 7) is 0. The van der Waals surface area contributed by atoms with Crippen LogP contribution < -0.4 is 0 Å². The lowest BCUT2D eigenvalue weighted by Gasteiger charge is -2.00. The number of halogens is 2. The van der Waals surface area contributed by atoms with Crippen LogP contribution in [0.4, 0.5) is 10.1 Å². The molecule has 9 heteroatoms. The standard InChI is InChI=1S/C7H3BrFN5O2/c8-4-2-5(9)6(14(15)16)1-3(4)7-10-12-13-11-7/h1-2H,(H,10,11,12,13). The molecule has 0 amide bonds. The number of H-pyrrole nitrogens is 1. The summed E-state index contributed by atoms with van der Waals surface area (Å²) in [5, 5.41) is 23.4. The molecule has 0 saturated heterocycles. The molecule has 1 N–H and O–H groups in total. The summed E-state index contributed by atoms with van der Waals surface area (Å²) in [5.41, 5.74) is -0.343. The number of nitrogens with zero attached hydrogens (tertiary/aromatic N) is 4. The number of nitro benzene ring substituents is 1. The topological polar surface area (TPSA) is 97.6 Å². The molecule has 0 aliphatic heterocycles. The number of hydrogen-bond acceptors (Lipinski definition) is 5. The van der Waals surface area contributed by atoms with Crippen LogP contribution in [-0.4, -0.2) is 25.5 Å². The molecule has 7 nitrogen and oxygen atoms in total. The van der Waals surface area contributed by atoms with Gasteiger partial charge in [-0.1, -0.05) is 0 Å². The average Bonchev–Trinajstić information content (AvgIpc) is 2.70. The Morgan fingerprint density at radius 2 is 2.25 bits per heavy atom. The summed E-state index contributed by atoms with van der Waals surface area (Å²) in [6, 6.07) is 2.04. The molecule has 0 radical (unpaired) electrons. The molecule has 0 bridgehead atoms. The molecule has 0 fully saturated rings. The van der Waals surface area contributed by atoms with E-state index >= 15 is 0 Å². The smallest absolute Gasteiger partial charge is 0.258 e. The highest BCUT2D eigenvalue weighted by Crippen LogP contribution is 2.31.